The summed E-state index contributed by atoms with van der Waals surface area (Å²) in [6.07, 6.45) is 12.3. The Bertz CT molecular complexity index is 333. The first-order valence-corrected chi connectivity index (χ1v) is 5.91. The first-order valence-electron chi connectivity index (χ1n) is 5.91. The van der Waals surface area contributed by atoms with Gasteiger partial charge in [-0.15, -0.1) is 12.3 Å². The van der Waals surface area contributed by atoms with E-state index in [1.807, 2.05) is 10.9 Å². The molecule has 0 radical (unpaired) electrons. The van der Waals surface area contributed by atoms with Crippen molar-refractivity contribution in [2.24, 2.45) is 0 Å². The second-order valence-corrected chi connectivity index (χ2v) is 4.26. The average molecular weight is 219 g/mol. The lowest BCUT2D eigenvalue weighted by molar-refractivity contribution is 0.531. The summed E-state index contributed by atoms with van der Waals surface area (Å²) in [6, 6.07) is 0.435. The van der Waals surface area contributed by atoms with E-state index in [1.54, 1.807) is 0 Å². The van der Waals surface area contributed by atoms with Gasteiger partial charge in [-0.3, -0.25) is 4.68 Å². The first-order chi connectivity index (χ1) is 7.74. The molecule has 88 valence electrons. The van der Waals surface area contributed by atoms with Gasteiger partial charge in [-0.25, -0.2) is 0 Å². The lowest BCUT2D eigenvalue weighted by Crippen LogP contribution is -2.14. The molecule has 0 spiro atoms. The molecular formula is C13H21N3. The Kier molecular flexibility index (Phi) is 5.66. The van der Waals surface area contributed by atoms with E-state index in [1.165, 1.54) is 5.56 Å². The van der Waals surface area contributed by atoms with Crippen molar-refractivity contribution in [2.75, 3.05) is 6.54 Å². The van der Waals surface area contributed by atoms with E-state index < -0.39 is 0 Å². The summed E-state index contributed by atoms with van der Waals surface area (Å²) in [5, 5.41) is 7.69. The molecule has 0 aliphatic rings. The molecule has 0 saturated carbocycles. The number of hydrogen-bond donors (Lipinski definition) is 1. The summed E-state index contributed by atoms with van der Waals surface area (Å²) in [4.78, 5) is 0. The fraction of sp³-hybridized carbons (Fsp3) is 0.615. The molecule has 0 unspecified atom stereocenters. The Morgan fingerprint density at radius 3 is 2.94 bits per heavy atom. The van der Waals surface area contributed by atoms with Crippen LogP contribution < -0.4 is 5.32 Å². The van der Waals surface area contributed by atoms with Gasteiger partial charge in [-0.05, 0) is 33.2 Å². The largest absolute Gasteiger partial charge is 0.313 e. The topological polar surface area (TPSA) is 29.9 Å². The van der Waals surface area contributed by atoms with E-state index in [0.717, 1.165) is 32.4 Å². The predicted octanol–water partition coefficient (Wildman–Crippen LogP) is 2.36. The Morgan fingerprint density at radius 2 is 2.31 bits per heavy atom. The van der Waals surface area contributed by atoms with E-state index in [9.17, 15) is 0 Å². The van der Waals surface area contributed by atoms with Crippen LogP contribution >= 0.6 is 0 Å². The fourth-order valence-electron chi connectivity index (χ4n) is 1.46. The number of terminal acetylenes is 1. The van der Waals surface area contributed by atoms with Gasteiger partial charge in [-0.2, -0.15) is 5.10 Å². The van der Waals surface area contributed by atoms with Crippen LogP contribution in [0.15, 0.2) is 12.4 Å². The Labute approximate surface area is 98.2 Å². The minimum Gasteiger partial charge on any atom is -0.313 e. The van der Waals surface area contributed by atoms with Crippen molar-refractivity contribution in [3.63, 3.8) is 0 Å². The van der Waals surface area contributed by atoms with Crippen LogP contribution in [0.2, 0.25) is 0 Å². The third kappa shape index (κ3) is 4.50. The van der Waals surface area contributed by atoms with Gasteiger partial charge in [0.05, 0.1) is 6.20 Å². The summed E-state index contributed by atoms with van der Waals surface area (Å²) >= 11 is 0. The number of hydrogen-bond acceptors (Lipinski definition) is 2. The second kappa shape index (κ2) is 7.08. The molecule has 1 aromatic rings. The van der Waals surface area contributed by atoms with E-state index in [-0.39, 0.29) is 0 Å². The SMILES string of the molecule is C#CCCCCNCc1cnn(C(C)C)c1. The van der Waals surface area contributed by atoms with Crippen LogP contribution in [0.1, 0.15) is 44.7 Å². The van der Waals surface area contributed by atoms with Gasteiger partial charge in [-0.1, -0.05) is 0 Å². The van der Waals surface area contributed by atoms with Crippen molar-refractivity contribution in [3.8, 4) is 12.3 Å². The van der Waals surface area contributed by atoms with Crippen LogP contribution in [0.25, 0.3) is 0 Å². The molecule has 0 saturated heterocycles. The normalized spacial score (nSPS) is 10.6. The van der Waals surface area contributed by atoms with Gasteiger partial charge in [0.15, 0.2) is 0 Å². The van der Waals surface area contributed by atoms with Gasteiger partial charge in [0, 0.05) is 30.8 Å². The number of aromatic nitrogens is 2. The lowest BCUT2D eigenvalue weighted by Gasteiger charge is -2.03. The summed E-state index contributed by atoms with van der Waals surface area (Å²) in [5.41, 5.74) is 1.24. The molecule has 0 aliphatic heterocycles. The lowest BCUT2D eigenvalue weighted by atomic mass is 10.2. The molecule has 1 N–H and O–H groups in total. The Balaban J connectivity index is 2.15. The molecule has 1 rings (SSSR count). The van der Waals surface area contributed by atoms with Crippen molar-refractivity contribution >= 4 is 0 Å². The van der Waals surface area contributed by atoms with Crippen LogP contribution in [0.3, 0.4) is 0 Å². The second-order valence-electron chi connectivity index (χ2n) is 4.26. The monoisotopic (exact) mass is 219 g/mol. The molecule has 0 aromatic carbocycles. The van der Waals surface area contributed by atoms with Gasteiger partial charge in [0.2, 0.25) is 0 Å². The van der Waals surface area contributed by atoms with Crippen molar-refractivity contribution in [3.05, 3.63) is 18.0 Å². The van der Waals surface area contributed by atoms with Crippen LogP contribution in [-0.2, 0) is 6.54 Å². The molecule has 1 heterocycles. The number of rotatable bonds is 7. The van der Waals surface area contributed by atoms with E-state index >= 15 is 0 Å². The quantitative estimate of drug-likeness (QED) is 0.563. The third-order valence-electron chi connectivity index (χ3n) is 2.44. The summed E-state index contributed by atoms with van der Waals surface area (Å²) in [7, 11) is 0. The average Bonchev–Trinajstić information content (AvgIpc) is 2.72. The zero-order valence-corrected chi connectivity index (χ0v) is 10.2. The van der Waals surface area contributed by atoms with Gasteiger partial charge in [0.1, 0.15) is 0 Å². The van der Waals surface area contributed by atoms with Crippen LogP contribution in [-0.4, -0.2) is 16.3 Å². The van der Waals surface area contributed by atoms with Crippen molar-refractivity contribution in [1.82, 2.24) is 15.1 Å². The first kappa shape index (κ1) is 12.8. The van der Waals surface area contributed by atoms with Crippen molar-refractivity contribution in [1.29, 1.82) is 0 Å². The number of unbranched alkanes of at least 4 members (excludes halogenated alkanes) is 2. The smallest absolute Gasteiger partial charge is 0.0534 e. The molecule has 0 amide bonds. The summed E-state index contributed by atoms with van der Waals surface area (Å²) < 4.78 is 1.98. The molecule has 0 atom stereocenters. The van der Waals surface area contributed by atoms with Gasteiger partial charge >= 0.3 is 0 Å². The molecule has 3 nitrogen and oxygen atoms in total. The Hall–Kier alpha value is -1.27. The molecule has 3 heteroatoms. The standard InChI is InChI=1S/C13H21N3/c1-4-5-6-7-8-14-9-13-10-15-16(11-13)12(2)3/h1,10-12,14H,5-9H2,2-3H3. The van der Waals surface area contributed by atoms with Crippen molar-refractivity contribution < 1.29 is 0 Å². The highest BCUT2D eigenvalue weighted by atomic mass is 15.3. The van der Waals surface area contributed by atoms with Crippen LogP contribution in [0.5, 0.6) is 0 Å². The molecule has 0 bridgehead atoms. The molecule has 0 aliphatic carbocycles. The highest BCUT2D eigenvalue weighted by Crippen LogP contribution is 2.04. The highest BCUT2D eigenvalue weighted by molar-refractivity contribution is 5.03. The van der Waals surface area contributed by atoms with Crippen LogP contribution in [0.4, 0.5) is 0 Å². The van der Waals surface area contributed by atoms with Gasteiger partial charge < -0.3 is 5.32 Å². The molecule has 0 fully saturated rings. The maximum atomic E-state index is 5.18. The van der Waals surface area contributed by atoms with Crippen molar-refractivity contribution in [2.45, 2.75) is 45.7 Å². The maximum Gasteiger partial charge on any atom is 0.0534 e. The molecular weight excluding hydrogens is 198 g/mol. The third-order valence-corrected chi connectivity index (χ3v) is 2.44. The van der Waals surface area contributed by atoms with E-state index in [2.05, 4.69) is 36.4 Å². The van der Waals surface area contributed by atoms with E-state index in [4.69, 9.17) is 6.42 Å². The zero-order valence-electron chi connectivity index (χ0n) is 10.2. The molecule has 1 aromatic heterocycles. The summed E-state index contributed by atoms with van der Waals surface area (Å²) in [6.45, 7) is 6.17. The van der Waals surface area contributed by atoms with Crippen LogP contribution in [0, 0.1) is 12.3 Å². The Morgan fingerprint density at radius 1 is 1.50 bits per heavy atom. The van der Waals surface area contributed by atoms with E-state index in [0.29, 0.717) is 6.04 Å². The predicted molar refractivity (Wildman–Crippen MR) is 67.0 cm³/mol. The molecule has 16 heavy (non-hydrogen) atoms. The minimum absolute atomic E-state index is 0.435. The zero-order chi connectivity index (χ0) is 11.8. The van der Waals surface area contributed by atoms with Gasteiger partial charge in [0.25, 0.3) is 0 Å². The highest BCUT2D eigenvalue weighted by Gasteiger charge is 2.00. The maximum absolute atomic E-state index is 5.18. The number of nitrogens with zero attached hydrogens (tertiary/aromatic N) is 2. The number of nitrogens with one attached hydrogen (secondary N) is 1. The fourth-order valence-corrected chi connectivity index (χ4v) is 1.46. The summed E-state index contributed by atoms with van der Waals surface area (Å²) in [5.74, 6) is 2.65. The minimum atomic E-state index is 0.435.